The lowest BCUT2D eigenvalue weighted by Crippen LogP contribution is -2.67. The summed E-state index contributed by atoms with van der Waals surface area (Å²) >= 11 is 0. The third kappa shape index (κ3) is 7.77. The van der Waals surface area contributed by atoms with Crippen LogP contribution >= 0.6 is 12.4 Å². The number of piperidine rings is 1. The maximum absolute atomic E-state index is 11.6. The molecule has 0 aromatic rings. The van der Waals surface area contributed by atoms with Gasteiger partial charge in [0.25, 0.3) is 0 Å². The molecule has 9 aliphatic rings. The molecule has 5 saturated heterocycles. The highest BCUT2D eigenvalue weighted by atomic mass is 35.5. The second-order valence-corrected chi connectivity index (χ2v) is 21.2. The van der Waals surface area contributed by atoms with Gasteiger partial charge in [0.05, 0.1) is 25.4 Å². The van der Waals surface area contributed by atoms with E-state index < -0.39 is 105 Å². The third-order valence-corrected chi connectivity index (χ3v) is 18.0. The standard InChI is InChI=1S/C45H73NO15.ClH/c1-19-6-9-27-20(2)31-28(46(27)16-19)15-26-24-8-7-22-14-23(10-12-44(22,4)25(24)11-13-45(26,31)5)57-43-40(61-41-37(54)35(52)32(49)21(3)56-41)39(34(51)30(18-48)59-43)60-42-38(55)36(53)33(50)29(17-47)58-42;/h7,19-21,23-43,47-55H,6,8-18H2,1-5H3;1H. The van der Waals surface area contributed by atoms with Crippen LogP contribution in [0.3, 0.4) is 0 Å². The van der Waals surface area contributed by atoms with Crippen LogP contribution in [0.15, 0.2) is 11.6 Å². The van der Waals surface area contributed by atoms with Crippen LogP contribution < -0.4 is 0 Å². The van der Waals surface area contributed by atoms with E-state index in [4.69, 9.17) is 28.4 Å². The molecule has 16 nitrogen and oxygen atoms in total. The topological polar surface area (TPSA) is 241 Å². The van der Waals surface area contributed by atoms with Gasteiger partial charge < -0.3 is 74.4 Å². The molecule has 0 aromatic heterocycles. The minimum absolute atomic E-state index is 0. The Morgan fingerprint density at radius 1 is 0.677 bits per heavy atom. The van der Waals surface area contributed by atoms with E-state index in [2.05, 4.69) is 38.7 Å². The van der Waals surface area contributed by atoms with E-state index in [0.29, 0.717) is 42.1 Å². The number of fused-ring (bicyclic) bond motifs is 9. The van der Waals surface area contributed by atoms with E-state index in [0.717, 1.165) is 36.6 Å². The predicted octanol–water partition coefficient (Wildman–Crippen LogP) is 0.577. The predicted molar refractivity (Wildman–Crippen MR) is 222 cm³/mol. The van der Waals surface area contributed by atoms with Crippen molar-refractivity contribution < 1.29 is 74.4 Å². The van der Waals surface area contributed by atoms with Crippen molar-refractivity contribution in [1.29, 1.82) is 0 Å². The Kier molecular flexibility index (Phi) is 14.0. The average molecular weight is 905 g/mol. The fourth-order valence-electron chi connectivity index (χ4n) is 14.7. The molecule has 0 amide bonds. The number of hydrogen-bond donors (Lipinski definition) is 9. The molecule has 9 rings (SSSR count). The van der Waals surface area contributed by atoms with Gasteiger partial charge in [-0.1, -0.05) is 39.3 Å². The highest BCUT2D eigenvalue weighted by molar-refractivity contribution is 5.85. The molecular weight excluding hydrogens is 830 g/mol. The van der Waals surface area contributed by atoms with Crippen LogP contribution in [-0.2, 0) is 28.4 Å². The smallest absolute Gasteiger partial charge is 0.187 e. The Morgan fingerprint density at radius 2 is 1.32 bits per heavy atom. The Morgan fingerprint density at radius 3 is 2.03 bits per heavy atom. The summed E-state index contributed by atoms with van der Waals surface area (Å²) in [6.45, 7) is 11.4. The molecule has 356 valence electrons. The van der Waals surface area contributed by atoms with E-state index in [1.165, 1.54) is 51.1 Å². The van der Waals surface area contributed by atoms with E-state index in [1.54, 1.807) is 0 Å². The zero-order valence-corrected chi connectivity index (χ0v) is 37.6. The van der Waals surface area contributed by atoms with Crippen molar-refractivity contribution in [3.05, 3.63) is 11.6 Å². The fourth-order valence-corrected chi connectivity index (χ4v) is 14.7. The minimum Gasteiger partial charge on any atom is -0.394 e. The fraction of sp³-hybridized carbons (Fsp3) is 0.956. The van der Waals surface area contributed by atoms with Gasteiger partial charge in [-0.25, -0.2) is 0 Å². The van der Waals surface area contributed by atoms with Crippen molar-refractivity contribution in [2.45, 2.75) is 203 Å². The zero-order valence-electron chi connectivity index (χ0n) is 36.7. The van der Waals surface area contributed by atoms with E-state index in [-0.39, 0.29) is 23.9 Å². The molecule has 62 heavy (non-hydrogen) atoms. The normalized spacial score (nSPS) is 56.4. The first-order valence-electron chi connectivity index (χ1n) is 23.4. The number of rotatable bonds is 8. The van der Waals surface area contributed by atoms with Gasteiger partial charge in [0.15, 0.2) is 18.9 Å². The minimum atomic E-state index is -1.83. The lowest BCUT2D eigenvalue weighted by molar-refractivity contribution is -0.394. The number of ether oxygens (including phenoxy) is 6. The molecule has 4 aliphatic carbocycles. The lowest BCUT2D eigenvalue weighted by Gasteiger charge is -2.58. The Hall–Kier alpha value is -0.610. The van der Waals surface area contributed by atoms with E-state index in [1.807, 2.05) is 0 Å². The molecule has 17 heteroatoms. The second-order valence-electron chi connectivity index (χ2n) is 21.2. The average Bonchev–Trinajstić information content (AvgIpc) is 3.71. The van der Waals surface area contributed by atoms with Gasteiger partial charge in [-0.15, -0.1) is 12.4 Å². The zero-order chi connectivity index (χ0) is 43.4. The first-order valence-corrected chi connectivity index (χ1v) is 23.4. The quantitative estimate of drug-likeness (QED) is 0.152. The maximum Gasteiger partial charge on any atom is 0.187 e. The number of aliphatic hydroxyl groups is 9. The molecule has 3 saturated carbocycles. The van der Waals surface area contributed by atoms with Gasteiger partial charge in [0, 0.05) is 18.6 Å². The lowest BCUT2D eigenvalue weighted by atomic mass is 9.47. The van der Waals surface area contributed by atoms with Crippen molar-refractivity contribution in [3.8, 4) is 0 Å². The summed E-state index contributed by atoms with van der Waals surface area (Å²) in [5.41, 5.74) is 1.72. The molecule has 0 bridgehead atoms. The van der Waals surface area contributed by atoms with Crippen LogP contribution in [-0.4, -0.2) is 181 Å². The summed E-state index contributed by atoms with van der Waals surface area (Å²) in [5, 5.41) is 95.8. The molecule has 0 radical (unpaired) electrons. The Balaban J connectivity index is 0.00000529. The third-order valence-electron chi connectivity index (χ3n) is 18.0. The summed E-state index contributed by atoms with van der Waals surface area (Å²) in [5.74, 6) is 4.15. The van der Waals surface area contributed by atoms with Gasteiger partial charge in [-0.3, -0.25) is 4.90 Å². The molecule has 5 aliphatic heterocycles. The summed E-state index contributed by atoms with van der Waals surface area (Å²) < 4.78 is 36.8. The van der Waals surface area contributed by atoms with Gasteiger partial charge in [-0.2, -0.15) is 0 Å². The Bertz CT molecular complexity index is 1600. The number of allylic oxidation sites excluding steroid dienone is 1. The summed E-state index contributed by atoms with van der Waals surface area (Å²) in [4.78, 5) is 2.94. The monoisotopic (exact) mass is 903 g/mol. The number of nitrogens with zero attached hydrogens (tertiary/aromatic N) is 1. The van der Waals surface area contributed by atoms with Crippen molar-refractivity contribution in [3.63, 3.8) is 0 Å². The van der Waals surface area contributed by atoms with Crippen LogP contribution in [0.5, 0.6) is 0 Å². The largest absolute Gasteiger partial charge is 0.394 e. The molecule has 9 N–H and O–H groups in total. The van der Waals surface area contributed by atoms with Gasteiger partial charge >= 0.3 is 0 Å². The van der Waals surface area contributed by atoms with E-state index in [9.17, 15) is 46.0 Å². The van der Waals surface area contributed by atoms with Crippen molar-refractivity contribution >= 4 is 12.4 Å². The molecular formula is C45H74ClNO15. The van der Waals surface area contributed by atoms with Crippen LogP contribution in [0.2, 0.25) is 0 Å². The van der Waals surface area contributed by atoms with Gasteiger partial charge in [0.1, 0.15) is 67.1 Å². The molecule has 26 atom stereocenters. The van der Waals surface area contributed by atoms with Crippen molar-refractivity contribution in [2.24, 2.45) is 46.3 Å². The van der Waals surface area contributed by atoms with Crippen molar-refractivity contribution in [2.75, 3.05) is 19.8 Å². The molecule has 8 fully saturated rings. The van der Waals surface area contributed by atoms with Crippen LogP contribution in [0.4, 0.5) is 0 Å². The Labute approximate surface area is 371 Å². The number of halogens is 1. The molecule has 0 spiro atoms. The van der Waals surface area contributed by atoms with Crippen molar-refractivity contribution in [1.82, 2.24) is 4.90 Å². The number of aliphatic hydroxyl groups excluding tert-OH is 9. The molecule has 26 unspecified atom stereocenters. The summed E-state index contributed by atoms with van der Waals surface area (Å²) in [6.07, 6.45) is -11.1. The summed E-state index contributed by atoms with van der Waals surface area (Å²) in [7, 11) is 0. The second kappa shape index (κ2) is 18.1. The maximum atomic E-state index is 11.6. The van der Waals surface area contributed by atoms with Crippen LogP contribution in [0.25, 0.3) is 0 Å². The van der Waals surface area contributed by atoms with Gasteiger partial charge in [-0.05, 0) is 111 Å². The highest BCUT2D eigenvalue weighted by Crippen LogP contribution is 2.70. The molecule has 0 aromatic carbocycles. The summed E-state index contributed by atoms with van der Waals surface area (Å²) in [6, 6.07) is 1.43. The van der Waals surface area contributed by atoms with E-state index >= 15 is 0 Å². The first kappa shape index (κ1) is 47.9. The molecule has 5 heterocycles. The van der Waals surface area contributed by atoms with Gasteiger partial charge in [0.2, 0.25) is 0 Å². The van der Waals surface area contributed by atoms with Crippen LogP contribution in [0, 0.1) is 46.3 Å². The SMILES string of the molecule is CC1CCC2C(C)C3C(CC4C5CC=C6CC(OC7OC(CO)C(O)C(OC8OC(CO)C(O)C(O)C8O)C7OC7OC(C)C(O)C(O)C7O)CCC6(C)C5CCC43C)N2C1.Cl. The van der Waals surface area contributed by atoms with Crippen LogP contribution in [0.1, 0.15) is 92.4 Å². The number of hydrogen-bond acceptors (Lipinski definition) is 16. The first-order chi connectivity index (χ1) is 29.0. The highest BCUT2D eigenvalue weighted by Gasteiger charge is 2.66.